The molecule has 2 rings (SSSR count). The van der Waals surface area contributed by atoms with E-state index in [1.807, 2.05) is 24.3 Å². The van der Waals surface area contributed by atoms with E-state index >= 15 is 0 Å². The number of carbonyl (C=O) groups excluding carboxylic acids is 1. The van der Waals surface area contributed by atoms with Gasteiger partial charge in [0.05, 0.1) is 19.8 Å². The van der Waals surface area contributed by atoms with Crippen LogP contribution in [0.2, 0.25) is 0 Å². The zero-order chi connectivity index (χ0) is 15.9. The van der Waals surface area contributed by atoms with Gasteiger partial charge in [-0.1, -0.05) is 6.07 Å². The van der Waals surface area contributed by atoms with Gasteiger partial charge >= 0.3 is 0 Å². The van der Waals surface area contributed by atoms with Crippen LogP contribution in [0.1, 0.15) is 12.8 Å². The SMILES string of the molecule is CNC(=O)[C@@H]1C[C@@H](N)CN1CCCOc1cccc(OC)c1. The minimum Gasteiger partial charge on any atom is -0.497 e. The Morgan fingerprint density at radius 1 is 1.45 bits per heavy atom. The summed E-state index contributed by atoms with van der Waals surface area (Å²) in [6.45, 7) is 2.16. The minimum atomic E-state index is -0.114. The summed E-state index contributed by atoms with van der Waals surface area (Å²) < 4.78 is 10.9. The van der Waals surface area contributed by atoms with Gasteiger partial charge in [0.25, 0.3) is 0 Å². The fraction of sp³-hybridized carbons (Fsp3) is 0.562. The molecular formula is C16H25N3O3. The van der Waals surface area contributed by atoms with Crippen LogP contribution < -0.4 is 20.5 Å². The number of nitrogens with two attached hydrogens (primary N) is 1. The first-order valence-electron chi connectivity index (χ1n) is 7.62. The summed E-state index contributed by atoms with van der Waals surface area (Å²) >= 11 is 0. The van der Waals surface area contributed by atoms with Crippen molar-refractivity contribution < 1.29 is 14.3 Å². The summed E-state index contributed by atoms with van der Waals surface area (Å²) in [5.74, 6) is 1.62. The number of methoxy groups -OCH3 is 1. The van der Waals surface area contributed by atoms with Crippen molar-refractivity contribution in [2.75, 3.05) is 33.9 Å². The second-order valence-corrected chi connectivity index (χ2v) is 5.50. The molecule has 1 aromatic rings. The lowest BCUT2D eigenvalue weighted by atomic mass is 10.1. The smallest absolute Gasteiger partial charge is 0.237 e. The second kappa shape index (κ2) is 8.00. The maximum Gasteiger partial charge on any atom is 0.237 e. The molecule has 122 valence electrons. The topological polar surface area (TPSA) is 76.8 Å². The molecule has 0 aliphatic carbocycles. The zero-order valence-electron chi connectivity index (χ0n) is 13.2. The number of rotatable bonds is 7. The van der Waals surface area contributed by atoms with E-state index in [1.54, 1.807) is 14.2 Å². The number of hydrogen-bond acceptors (Lipinski definition) is 5. The van der Waals surface area contributed by atoms with Gasteiger partial charge in [0.15, 0.2) is 0 Å². The van der Waals surface area contributed by atoms with Crippen LogP contribution in [-0.4, -0.2) is 56.7 Å². The van der Waals surface area contributed by atoms with Gasteiger partial charge in [0.1, 0.15) is 11.5 Å². The van der Waals surface area contributed by atoms with Gasteiger partial charge in [0, 0.05) is 32.2 Å². The summed E-state index contributed by atoms with van der Waals surface area (Å²) in [6.07, 6.45) is 1.56. The predicted molar refractivity (Wildman–Crippen MR) is 85.1 cm³/mol. The molecule has 0 unspecified atom stereocenters. The largest absolute Gasteiger partial charge is 0.497 e. The molecule has 0 bridgehead atoms. The molecule has 3 N–H and O–H groups in total. The molecule has 0 aromatic heterocycles. The second-order valence-electron chi connectivity index (χ2n) is 5.50. The summed E-state index contributed by atoms with van der Waals surface area (Å²) in [5.41, 5.74) is 5.97. The van der Waals surface area contributed by atoms with Crippen molar-refractivity contribution >= 4 is 5.91 Å². The van der Waals surface area contributed by atoms with Crippen LogP contribution in [0.3, 0.4) is 0 Å². The standard InChI is InChI=1S/C16H25N3O3/c1-18-16(20)15-9-12(17)11-19(15)7-4-8-22-14-6-3-5-13(10-14)21-2/h3,5-6,10,12,15H,4,7-9,11,17H2,1-2H3,(H,18,20)/t12-,15+/m1/s1. The van der Waals surface area contributed by atoms with Crippen LogP contribution >= 0.6 is 0 Å². The lowest BCUT2D eigenvalue weighted by Gasteiger charge is -2.22. The number of likely N-dealkylation sites (tertiary alicyclic amines) is 1. The summed E-state index contributed by atoms with van der Waals surface area (Å²) in [6, 6.07) is 7.50. The van der Waals surface area contributed by atoms with Crippen molar-refractivity contribution in [3.63, 3.8) is 0 Å². The normalized spacial score (nSPS) is 21.6. The van der Waals surface area contributed by atoms with E-state index in [2.05, 4.69) is 10.2 Å². The highest BCUT2D eigenvalue weighted by molar-refractivity contribution is 5.81. The molecule has 1 heterocycles. The van der Waals surface area contributed by atoms with Crippen LogP contribution in [-0.2, 0) is 4.79 Å². The van der Waals surface area contributed by atoms with Crippen molar-refractivity contribution in [3.05, 3.63) is 24.3 Å². The van der Waals surface area contributed by atoms with Gasteiger partial charge in [-0.2, -0.15) is 0 Å². The molecular weight excluding hydrogens is 282 g/mol. The number of likely N-dealkylation sites (N-methyl/N-ethyl adjacent to an activating group) is 1. The van der Waals surface area contributed by atoms with Gasteiger partial charge in [0.2, 0.25) is 5.91 Å². The van der Waals surface area contributed by atoms with Gasteiger partial charge in [-0.25, -0.2) is 0 Å². The molecule has 22 heavy (non-hydrogen) atoms. The van der Waals surface area contributed by atoms with Crippen LogP contribution in [0.5, 0.6) is 11.5 Å². The Balaban J connectivity index is 1.76. The number of amides is 1. The fourth-order valence-corrected chi connectivity index (χ4v) is 2.77. The van der Waals surface area contributed by atoms with Gasteiger partial charge in [-0.3, -0.25) is 9.69 Å². The lowest BCUT2D eigenvalue weighted by Crippen LogP contribution is -2.42. The van der Waals surface area contributed by atoms with Crippen molar-refractivity contribution in [1.82, 2.24) is 10.2 Å². The molecule has 1 fully saturated rings. The highest BCUT2D eigenvalue weighted by atomic mass is 16.5. The average molecular weight is 307 g/mol. The van der Waals surface area contributed by atoms with Crippen LogP contribution in [0.15, 0.2) is 24.3 Å². The van der Waals surface area contributed by atoms with Crippen molar-refractivity contribution in [3.8, 4) is 11.5 Å². The Hall–Kier alpha value is -1.79. The van der Waals surface area contributed by atoms with E-state index in [9.17, 15) is 4.79 Å². The van der Waals surface area contributed by atoms with E-state index in [1.165, 1.54) is 0 Å². The molecule has 1 aromatic carbocycles. The van der Waals surface area contributed by atoms with E-state index in [0.717, 1.165) is 37.4 Å². The Morgan fingerprint density at radius 2 is 2.23 bits per heavy atom. The molecule has 1 saturated heterocycles. The molecule has 0 radical (unpaired) electrons. The van der Waals surface area contributed by atoms with Crippen LogP contribution in [0, 0.1) is 0 Å². The quantitative estimate of drug-likeness (QED) is 0.722. The molecule has 1 amide bonds. The molecule has 6 heteroatoms. The van der Waals surface area contributed by atoms with Gasteiger partial charge in [-0.05, 0) is 25.0 Å². The number of hydrogen-bond donors (Lipinski definition) is 2. The highest BCUT2D eigenvalue weighted by Crippen LogP contribution is 2.20. The van der Waals surface area contributed by atoms with E-state index in [-0.39, 0.29) is 18.0 Å². The third-order valence-electron chi connectivity index (χ3n) is 3.88. The Bertz CT molecular complexity index is 495. The zero-order valence-corrected chi connectivity index (χ0v) is 13.2. The van der Waals surface area contributed by atoms with Crippen molar-refractivity contribution in [2.24, 2.45) is 5.73 Å². The predicted octanol–water partition coefficient (Wildman–Crippen LogP) is 0.612. The van der Waals surface area contributed by atoms with Crippen LogP contribution in [0.4, 0.5) is 0 Å². The molecule has 1 aliphatic heterocycles. The lowest BCUT2D eigenvalue weighted by molar-refractivity contribution is -0.125. The third kappa shape index (κ3) is 4.35. The monoisotopic (exact) mass is 307 g/mol. The maximum atomic E-state index is 11.8. The molecule has 0 saturated carbocycles. The number of nitrogens with zero attached hydrogens (tertiary/aromatic N) is 1. The Kier molecular flexibility index (Phi) is 6.03. The minimum absolute atomic E-state index is 0.0432. The highest BCUT2D eigenvalue weighted by Gasteiger charge is 2.33. The van der Waals surface area contributed by atoms with Crippen molar-refractivity contribution in [2.45, 2.75) is 24.9 Å². The number of carbonyl (C=O) groups is 1. The molecule has 6 nitrogen and oxygen atoms in total. The number of ether oxygens (including phenoxy) is 2. The molecule has 0 spiro atoms. The van der Waals surface area contributed by atoms with Crippen molar-refractivity contribution in [1.29, 1.82) is 0 Å². The average Bonchev–Trinajstić information content (AvgIpc) is 2.92. The maximum absolute atomic E-state index is 11.8. The summed E-state index contributed by atoms with van der Waals surface area (Å²) in [5, 5.41) is 2.71. The van der Waals surface area contributed by atoms with Gasteiger partial charge in [-0.15, -0.1) is 0 Å². The van der Waals surface area contributed by atoms with E-state index in [4.69, 9.17) is 15.2 Å². The third-order valence-corrected chi connectivity index (χ3v) is 3.88. The fourth-order valence-electron chi connectivity index (χ4n) is 2.77. The Morgan fingerprint density at radius 3 is 2.95 bits per heavy atom. The first-order valence-corrected chi connectivity index (χ1v) is 7.62. The van der Waals surface area contributed by atoms with E-state index in [0.29, 0.717) is 6.61 Å². The summed E-state index contributed by atoms with van der Waals surface area (Å²) in [4.78, 5) is 14.0. The van der Waals surface area contributed by atoms with Gasteiger partial charge < -0.3 is 20.5 Å². The van der Waals surface area contributed by atoms with Crippen LogP contribution in [0.25, 0.3) is 0 Å². The first-order chi connectivity index (χ1) is 10.6. The first kappa shape index (κ1) is 16.6. The van der Waals surface area contributed by atoms with E-state index < -0.39 is 0 Å². The number of benzene rings is 1. The molecule has 2 atom stereocenters. The number of nitrogens with one attached hydrogen (secondary N) is 1. The summed E-state index contributed by atoms with van der Waals surface area (Å²) in [7, 11) is 3.30. The Labute approximate surface area is 131 Å². The molecule has 1 aliphatic rings.